The number of pyridine rings is 1. The predicted octanol–water partition coefficient (Wildman–Crippen LogP) is 3.85. The van der Waals surface area contributed by atoms with Crippen LogP contribution in [0.2, 0.25) is 0 Å². The van der Waals surface area contributed by atoms with Crippen LogP contribution in [0.15, 0.2) is 53.7 Å². The van der Waals surface area contributed by atoms with Crippen molar-refractivity contribution < 1.29 is 13.2 Å². The average molecular weight is 431 g/mol. The highest BCUT2D eigenvalue weighted by atomic mass is 32.2. The van der Waals surface area contributed by atoms with Gasteiger partial charge in [0.2, 0.25) is 10.0 Å². The largest absolute Gasteiger partial charge is 0.334 e. The number of carbonyl (C=O) groups excluding carboxylic acids is 1. The van der Waals surface area contributed by atoms with Gasteiger partial charge in [-0.05, 0) is 60.1 Å². The van der Waals surface area contributed by atoms with Gasteiger partial charge in [-0.25, -0.2) is 13.2 Å². The molecule has 0 spiro atoms. The lowest BCUT2D eigenvalue weighted by molar-refractivity contribution is 0.251. The van der Waals surface area contributed by atoms with Crippen LogP contribution in [-0.4, -0.2) is 36.8 Å². The third kappa shape index (κ3) is 5.79. The molecule has 30 heavy (non-hydrogen) atoms. The fraction of sp³-hybridized carbons (Fsp3) is 0.455. The van der Waals surface area contributed by atoms with Gasteiger partial charge in [0.1, 0.15) is 0 Å². The maximum absolute atomic E-state index is 13.1. The summed E-state index contributed by atoms with van der Waals surface area (Å²) < 4.78 is 27.9. The molecule has 1 atom stereocenters. The number of hydrogen-bond acceptors (Lipinski definition) is 4. The van der Waals surface area contributed by atoms with Crippen LogP contribution in [-0.2, 0) is 16.6 Å². The van der Waals surface area contributed by atoms with Gasteiger partial charge >= 0.3 is 6.03 Å². The van der Waals surface area contributed by atoms with Crippen molar-refractivity contribution >= 4 is 21.7 Å². The van der Waals surface area contributed by atoms with Gasteiger partial charge in [0, 0.05) is 37.7 Å². The number of benzene rings is 1. The zero-order valence-electron chi connectivity index (χ0n) is 17.8. The Hall–Kier alpha value is -2.45. The van der Waals surface area contributed by atoms with E-state index >= 15 is 0 Å². The first-order valence-electron chi connectivity index (χ1n) is 10.2. The molecule has 2 amide bonds. The second-order valence-electron chi connectivity index (χ2n) is 8.79. The van der Waals surface area contributed by atoms with Crippen molar-refractivity contribution in [1.82, 2.24) is 14.6 Å². The minimum absolute atomic E-state index is 0.0587. The highest BCUT2D eigenvalue weighted by Gasteiger charge is 2.34. The van der Waals surface area contributed by atoms with Gasteiger partial charge < -0.3 is 10.6 Å². The summed E-state index contributed by atoms with van der Waals surface area (Å²) in [5.41, 5.74) is 1.36. The van der Waals surface area contributed by atoms with E-state index in [1.807, 2.05) is 6.07 Å². The first kappa shape index (κ1) is 22.2. The van der Waals surface area contributed by atoms with Crippen LogP contribution in [0, 0.1) is 11.3 Å². The summed E-state index contributed by atoms with van der Waals surface area (Å²) in [6.07, 6.45) is 5.23. The molecule has 7 nitrogen and oxygen atoms in total. The maximum Gasteiger partial charge on any atom is 0.319 e. The Morgan fingerprint density at radius 2 is 1.97 bits per heavy atom. The summed E-state index contributed by atoms with van der Waals surface area (Å²) in [5.74, 6) is 0.497. The third-order valence-electron chi connectivity index (χ3n) is 5.30. The number of nitrogens with one attached hydrogen (secondary N) is 2. The number of urea groups is 1. The van der Waals surface area contributed by atoms with E-state index in [0.717, 1.165) is 18.4 Å². The number of aromatic nitrogens is 1. The van der Waals surface area contributed by atoms with Gasteiger partial charge in [-0.3, -0.25) is 4.98 Å². The van der Waals surface area contributed by atoms with Crippen molar-refractivity contribution in [2.75, 3.05) is 18.4 Å². The highest BCUT2D eigenvalue weighted by molar-refractivity contribution is 7.89. The second kappa shape index (κ2) is 9.14. The van der Waals surface area contributed by atoms with Crippen LogP contribution in [0.5, 0.6) is 0 Å². The summed E-state index contributed by atoms with van der Waals surface area (Å²) >= 11 is 0. The van der Waals surface area contributed by atoms with Crippen molar-refractivity contribution in [3.63, 3.8) is 0 Å². The molecule has 162 valence electrons. The first-order chi connectivity index (χ1) is 14.2. The Morgan fingerprint density at radius 1 is 1.23 bits per heavy atom. The number of amides is 2. The van der Waals surface area contributed by atoms with Crippen LogP contribution in [0.4, 0.5) is 10.5 Å². The van der Waals surface area contributed by atoms with Gasteiger partial charge in [-0.2, -0.15) is 4.31 Å². The number of carbonyl (C=O) groups is 1. The number of anilines is 1. The fourth-order valence-electron chi connectivity index (χ4n) is 3.96. The quantitative estimate of drug-likeness (QED) is 0.754. The summed E-state index contributed by atoms with van der Waals surface area (Å²) in [6, 6.07) is 9.64. The van der Waals surface area contributed by atoms with Gasteiger partial charge in [-0.1, -0.05) is 26.8 Å². The maximum atomic E-state index is 13.1. The molecular formula is C22H30N4O3S. The Labute approximate surface area is 178 Å². The molecule has 0 radical (unpaired) electrons. The predicted molar refractivity (Wildman–Crippen MR) is 117 cm³/mol. The van der Waals surface area contributed by atoms with Crippen LogP contribution >= 0.6 is 0 Å². The minimum atomic E-state index is -3.57. The molecule has 2 N–H and O–H groups in total. The molecule has 0 bridgehead atoms. The number of nitrogens with zero attached hydrogens (tertiary/aromatic N) is 2. The lowest BCUT2D eigenvalue weighted by Crippen LogP contribution is -2.37. The van der Waals surface area contributed by atoms with Crippen molar-refractivity contribution in [1.29, 1.82) is 0 Å². The molecular weight excluding hydrogens is 400 g/mol. The number of hydrogen-bond donors (Lipinski definition) is 2. The molecule has 0 aliphatic carbocycles. The molecule has 1 saturated heterocycles. The average Bonchev–Trinajstić information content (AvgIpc) is 2.84. The number of sulfonamides is 1. The Kier molecular flexibility index (Phi) is 6.77. The Balaban J connectivity index is 1.63. The zero-order chi connectivity index (χ0) is 21.8. The zero-order valence-corrected chi connectivity index (χ0v) is 18.6. The standard InChI is InChI=1S/C22H30N4O3S/c1-17-10-12-26(16-22(2,3)13-17)30(28,29)20-8-6-19(7-9-20)25-21(27)24-15-18-5-4-11-23-14-18/h4-9,11,14,17H,10,12-13,15-16H2,1-3H3,(H2,24,25,27). The lowest BCUT2D eigenvalue weighted by Gasteiger charge is -2.29. The SMILES string of the molecule is CC1CCN(S(=O)(=O)c2ccc(NC(=O)NCc3cccnc3)cc2)CC(C)(C)C1. The summed E-state index contributed by atoms with van der Waals surface area (Å²) in [6.45, 7) is 7.82. The molecule has 8 heteroatoms. The molecule has 1 aromatic carbocycles. The van der Waals surface area contributed by atoms with Crippen molar-refractivity contribution in [2.24, 2.45) is 11.3 Å². The molecule has 1 aromatic heterocycles. The van der Waals surface area contributed by atoms with E-state index in [4.69, 9.17) is 0 Å². The van der Waals surface area contributed by atoms with E-state index in [2.05, 4.69) is 36.4 Å². The number of rotatable bonds is 5. The van der Waals surface area contributed by atoms with Crippen molar-refractivity contribution in [3.05, 3.63) is 54.4 Å². The minimum Gasteiger partial charge on any atom is -0.334 e. The van der Waals surface area contributed by atoms with Gasteiger partial charge in [-0.15, -0.1) is 0 Å². The normalized spacial score (nSPS) is 19.6. The van der Waals surface area contributed by atoms with E-state index in [0.29, 0.717) is 31.2 Å². The van der Waals surface area contributed by atoms with E-state index in [-0.39, 0.29) is 16.3 Å². The first-order valence-corrected chi connectivity index (χ1v) is 11.6. The molecule has 2 aromatic rings. The smallest absolute Gasteiger partial charge is 0.319 e. The molecule has 0 saturated carbocycles. The van der Waals surface area contributed by atoms with Crippen molar-refractivity contribution in [3.8, 4) is 0 Å². The monoisotopic (exact) mass is 430 g/mol. The van der Waals surface area contributed by atoms with E-state index in [9.17, 15) is 13.2 Å². The van der Waals surface area contributed by atoms with E-state index in [1.165, 1.54) is 0 Å². The summed E-state index contributed by atoms with van der Waals surface area (Å²) in [7, 11) is -3.57. The fourth-order valence-corrected chi connectivity index (χ4v) is 5.60. The van der Waals surface area contributed by atoms with Crippen LogP contribution in [0.25, 0.3) is 0 Å². The van der Waals surface area contributed by atoms with Crippen LogP contribution < -0.4 is 10.6 Å². The lowest BCUT2D eigenvalue weighted by atomic mass is 9.84. The van der Waals surface area contributed by atoms with Crippen molar-refractivity contribution in [2.45, 2.75) is 45.1 Å². The topological polar surface area (TPSA) is 91.4 Å². The van der Waals surface area contributed by atoms with Gasteiger partial charge in [0.15, 0.2) is 0 Å². The second-order valence-corrected chi connectivity index (χ2v) is 10.7. The summed E-state index contributed by atoms with van der Waals surface area (Å²) in [4.78, 5) is 16.3. The third-order valence-corrected chi connectivity index (χ3v) is 7.16. The molecule has 1 aliphatic heterocycles. The van der Waals surface area contributed by atoms with Gasteiger partial charge in [0.05, 0.1) is 4.90 Å². The Bertz CT molecular complexity index is 960. The molecule has 3 rings (SSSR count). The van der Waals surface area contributed by atoms with E-state index in [1.54, 1.807) is 47.0 Å². The van der Waals surface area contributed by atoms with Gasteiger partial charge in [0.25, 0.3) is 0 Å². The highest BCUT2D eigenvalue weighted by Crippen LogP contribution is 2.34. The molecule has 1 unspecified atom stereocenters. The molecule has 1 aliphatic rings. The van der Waals surface area contributed by atoms with Crippen LogP contribution in [0.1, 0.15) is 39.2 Å². The summed E-state index contributed by atoms with van der Waals surface area (Å²) in [5, 5.41) is 5.47. The Morgan fingerprint density at radius 3 is 2.63 bits per heavy atom. The van der Waals surface area contributed by atoms with Crippen LogP contribution in [0.3, 0.4) is 0 Å². The molecule has 1 fully saturated rings. The van der Waals surface area contributed by atoms with E-state index < -0.39 is 10.0 Å². The molecule has 2 heterocycles.